The second-order valence-electron chi connectivity index (χ2n) is 5.34. The van der Waals surface area contributed by atoms with E-state index in [1.165, 1.54) is 0 Å². The number of hydrogen-bond donors (Lipinski definition) is 1. The number of carboxylic acid groups (broad SMARTS) is 1. The number of rotatable bonds is 4. The first-order valence-corrected chi connectivity index (χ1v) is 7.01. The van der Waals surface area contributed by atoms with Gasteiger partial charge in [0.05, 0.1) is 17.2 Å². The normalized spacial score (nSPS) is 18.6. The van der Waals surface area contributed by atoms with E-state index in [1.807, 2.05) is 18.5 Å². The van der Waals surface area contributed by atoms with Gasteiger partial charge in [-0.3, -0.25) is 14.3 Å². The molecule has 1 aromatic heterocycles. The van der Waals surface area contributed by atoms with E-state index >= 15 is 0 Å². The fraction of sp³-hybridized carbons (Fsp3) is 0.643. The quantitative estimate of drug-likeness (QED) is 0.905. The molecule has 1 fully saturated rings. The lowest BCUT2D eigenvalue weighted by atomic mass is 10.1. The minimum absolute atomic E-state index is 0.0916. The number of aromatic nitrogens is 2. The molecule has 0 bridgehead atoms. The zero-order valence-corrected chi connectivity index (χ0v) is 12.2. The Hall–Kier alpha value is -1.85. The molecule has 1 amide bonds. The number of likely N-dealkylation sites (tertiary alicyclic amines) is 1. The summed E-state index contributed by atoms with van der Waals surface area (Å²) < 4.78 is 1.85. The second-order valence-corrected chi connectivity index (χ2v) is 5.34. The van der Waals surface area contributed by atoms with Crippen LogP contribution in [0.3, 0.4) is 0 Å². The van der Waals surface area contributed by atoms with E-state index in [-0.39, 0.29) is 5.91 Å². The number of carbonyl (C=O) groups is 2. The first kappa shape index (κ1) is 14.6. The average molecular weight is 279 g/mol. The average Bonchev–Trinajstić information content (AvgIpc) is 2.96. The molecule has 2 heterocycles. The van der Waals surface area contributed by atoms with Crippen LogP contribution in [0.25, 0.3) is 0 Å². The van der Waals surface area contributed by atoms with E-state index in [4.69, 9.17) is 5.11 Å². The van der Waals surface area contributed by atoms with Crippen LogP contribution in [0.5, 0.6) is 0 Å². The van der Waals surface area contributed by atoms with Gasteiger partial charge < -0.3 is 10.0 Å². The number of nitrogens with zero attached hydrogens (tertiary/aromatic N) is 3. The molecule has 20 heavy (non-hydrogen) atoms. The predicted molar refractivity (Wildman–Crippen MR) is 73.6 cm³/mol. The van der Waals surface area contributed by atoms with Crippen LogP contribution in [0.15, 0.2) is 0 Å². The molecule has 0 saturated carbocycles. The molecule has 1 saturated heterocycles. The Morgan fingerprint density at radius 2 is 2.10 bits per heavy atom. The van der Waals surface area contributed by atoms with Crippen molar-refractivity contribution in [2.24, 2.45) is 5.92 Å². The van der Waals surface area contributed by atoms with Crippen molar-refractivity contribution in [3.05, 3.63) is 17.0 Å². The van der Waals surface area contributed by atoms with Crippen molar-refractivity contribution in [1.82, 2.24) is 14.7 Å². The van der Waals surface area contributed by atoms with Gasteiger partial charge in [0, 0.05) is 25.3 Å². The second kappa shape index (κ2) is 5.64. The molecule has 0 aliphatic carbocycles. The van der Waals surface area contributed by atoms with Crippen LogP contribution in [0, 0.1) is 19.8 Å². The monoisotopic (exact) mass is 279 g/mol. The van der Waals surface area contributed by atoms with Crippen LogP contribution < -0.4 is 0 Å². The molecule has 6 nitrogen and oxygen atoms in total. The minimum Gasteiger partial charge on any atom is -0.481 e. The molecule has 0 radical (unpaired) electrons. The van der Waals surface area contributed by atoms with Crippen molar-refractivity contribution >= 4 is 11.9 Å². The molecule has 1 aliphatic rings. The Morgan fingerprint density at radius 3 is 2.65 bits per heavy atom. The fourth-order valence-electron chi connectivity index (χ4n) is 2.74. The number of carboxylic acids is 1. The Balaban J connectivity index is 2.20. The maximum Gasteiger partial charge on any atom is 0.308 e. The zero-order chi connectivity index (χ0) is 14.9. The fourth-order valence-corrected chi connectivity index (χ4v) is 2.74. The summed E-state index contributed by atoms with van der Waals surface area (Å²) in [4.78, 5) is 25.2. The van der Waals surface area contributed by atoms with Crippen molar-refractivity contribution in [2.75, 3.05) is 13.1 Å². The maximum absolute atomic E-state index is 12.6. The van der Waals surface area contributed by atoms with Crippen molar-refractivity contribution in [1.29, 1.82) is 0 Å². The third-order valence-electron chi connectivity index (χ3n) is 3.86. The summed E-state index contributed by atoms with van der Waals surface area (Å²) >= 11 is 0. The highest BCUT2D eigenvalue weighted by atomic mass is 16.4. The smallest absolute Gasteiger partial charge is 0.308 e. The molecule has 1 aliphatic heterocycles. The molecule has 2 rings (SSSR count). The van der Waals surface area contributed by atoms with Crippen molar-refractivity contribution in [3.63, 3.8) is 0 Å². The Bertz CT molecular complexity index is 536. The van der Waals surface area contributed by atoms with Gasteiger partial charge in [0.15, 0.2) is 0 Å². The minimum atomic E-state index is -0.824. The van der Waals surface area contributed by atoms with Gasteiger partial charge in [0.1, 0.15) is 0 Å². The van der Waals surface area contributed by atoms with Gasteiger partial charge in [-0.2, -0.15) is 5.10 Å². The lowest BCUT2D eigenvalue weighted by Gasteiger charge is -2.16. The summed E-state index contributed by atoms with van der Waals surface area (Å²) in [6, 6.07) is 0. The molecular weight excluding hydrogens is 258 g/mol. The molecular formula is C14H21N3O3. The maximum atomic E-state index is 12.6. The summed E-state index contributed by atoms with van der Waals surface area (Å²) in [7, 11) is 0. The van der Waals surface area contributed by atoms with Crippen LogP contribution in [-0.4, -0.2) is 44.8 Å². The van der Waals surface area contributed by atoms with Crippen molar-refractivity contribution in [2.45, 2.75) is 40.2 Å². The van der Waals surface area contributed by atoms with E-state index in [0.717, 1.165) is 24.4 Å². The van der Waals surface area contributed by atoms with Crippen LogP contribution in [0.4, 0.5) is 0 Å². The Labute approximate surface area is 118 Å². The summed E-state index contributed by atoms with van der Waals surface area (Å²) in [5.74, 6) is -1.35. The van der Waals surface area contributed by atoms with E-state index in [1.54, 1.807) is 4.90 Å². The molecule has 110 valence electrons. The molecule has 6 heteroatoms. The highest BCUT2D eigenvalue weighted by molar-refractivity contribution is 5.97. The van der Waals surface area contributed by atoms with Gasteiger partial charge in [-0.1, -0.05) is 6.92 Å². The van der Waals surface area contributed by atoms with Gasteiger partial charge >= 0.3 is 5.97 Å². The van der Waals surface area contributed by atoms with Gasteiger partial charge in [-0.25, -0.2) is 0 Å². The zero-order valence-electron chi connectivity index (χ0n) is 12.2. The van der Waals surface area contributed by atoms with Gasteiger partial charge in [-0.05, 0) is 26.7 Å². The summed E-state index contributed by atoms with van der Waals surface area (Å²) in [5.41, 5.74) is 2.22. The van der Waals surface area contributed by atoms with Crippen LogP contribution in [-0.2, 0) is 11.3 Å². The van der Waals surface area contributed by atoms with E-state index in [9.17, 15) is 9.59 Å². The lowest BCUT2D eigenvalue weighted by Crippen LogP contribution is -2.30. The lowest BCUT2D eigenvalue weighted by molar-refractivity contribution is -0.141. The molecule has 1 atom stereocenters. The summed E-state index contributed by atoms with van der Waals surface area (Å²) in [5, 5.41) is 13.4. The molecule has 0 aromatic carbocycles. The third-order valence-corrected chi connectivity index (χ3v) is 3.86. The van der Waals surface area contributed by atoms with Crippen molar-refractivity contribution < 1.29 is 14.7 Å². The molecule has 0 unspecified atom stereocenters. The van der Waals surface area contributed by atoms with Gasteiger partial charge in [-0.15, -0.1) is 0 Å². The number of aryl methyl sites for hydroxylation is 2. The number of amides is 1. The predicted octanol–water partition coefficient (Wildman–Crippen LogP) is 1.46. The SMILES string of the molecule is CCCn1nc(C)c(C(=O)N2CC[C@@H](C(=O)O)C2)c1C. The summed E-state index contributed by atoms with van der Waals surface area (Å²) in [6.07, 6.45) is 1.49. The first-order valence-electron chi connectivity index (χ1n) is 7.01. The van der Waals surface area contributed by atoms with E-state index in [2.05, 4.69) is 12.0 Å². The largest absolute Gasteiger partial charge is 0.481 e. The third kappa shape index (κ3) is 2.55. The van der Waals surface area contributed by atoms with E-state index in [0.29, 0.717) is 25.1 Å². The highest BCUT2D eigenvalue weighted by Crippen LogP contribution is 2.22. The Kier molecular flexibility index (Phi) is 4.11. The number of carbonyl (C=O) groups excluding carboxylic acids is 1. The topological polar surface area (TPSA) is 75.4 Å². The van der Waals surface area contributed by atoms with Gasteiger partial charge in [0.25, 0.3) is 5.91 Å². The van der Waals surface area contributed by atoms with Crippen LogP contribution in [0.2, 0.25) is 0 Å². The first-order chi connectivity index (χ1) is 9.45. The Morgan fingerprint density at radius 1 is 1.40 bits per heavy atom. The van der Waals surface area contributed by atoms with Crippen molar-refractivity contribution in [3.8, 4) is 0 Å². The van der Waals surface area contributed by atoms with E-state index < -0.39 is 11.9 Å². The molecule has 0 spiro atoms. The summed E-state index contributed by atoms with van der Waals surface area (Å²) in [6.45, 7) is 7.39. The standard InChI is InChI=1S/C14H21N3O3/c1-4-6-17-10(3)12(9(2)15-17)13(18)16-7-5-11(8-16)14(19)20/h11H,4-8H2,1-3H3,(H,19,20)/t11-/m1/s1. The van der Waals surface area contributed by atoms with Gasteiger partial charge in [0.2, 0.25) is 0 Å². The van der Waals surface area contributed by atoms with Crippen LogP contribution in [0.1, 0.15) is 41.5 Å². The number of aliphatic carboxylic acids is 1. The highest BCUT2D eigenvalue weighted by Gasteiger charge is 2.33. The molecule has 1 aromatic rings. The molecule has 1 N–H and O–H groups in total. The van der Waals surface area contributed by atoms with Crippen LogP contribution >= 0.6 is 0 Å². The number of hydrogen-bond acceptors (Lipinski definition) is 3.